The number of ether oxygens (including phenoxy) is 2. The zero-order valence-electron chi connectivity index (χ0n) is 14.7. The fourth-order valence-electron chi connectivity index (χ4n) is 2.89. The quantitative estimate of drug-likeness (QED) is 0.547. The summed E-state index contributed by atoms with van der Waals surface area (Å²) in [6, 6.07) is 11.1. The van der Waals surface area contributed by atoms with Gasteiger partial charge < -0.3 is 19.1 Å². The van der Waals surface area contributed by atoms with Crippen LogP contribution >= 0.6 is 15.9 Å². The molecule has 0 atom stereocenters. The van der Waals surface area contributed by atoms with Gasteiger partial charge in [-0.1, -0.05) is 22.0 Å². The van der Waals surface area contributed by atoms with Crippen molar-refractivity contribution in [3.05, 3.63) is 51.3 Å². The topological polar surface area (TPSA) is 73.0 Å². The maximum absolute atomic E-state index is 11.2. The van der Waals surface area contributed by atoms with Gasteiger partial charge in [0.05, 0.1) is 25.3 Å². The molecule has 0 fully saturated rings. The van der Waals surface area contributed by atoms with Gasteiger partial charge in [-0.05, 0) is 54.9 Å². The van der Waals surface area contributed by atoms with Gasteiger partial charge in [0.15, 0.2) is 17.2 Å². The molecule has 0 amide bonds. The fourth-order valence-corrected chi connectivity index (χ4v) is 3.25. The summed E-state index contributed by atoms with van der Waals surface area (Å²) >= 11 is 3.38. The smallest absolute Gasteiger partial charge is 0.222 e. The van der Waals surface area contributed by atoms with E-state index in [2.05, 4.69) is 21.1 Å². The summed E-state index contributed by atoms with van der Waals surface area (Å²) in [4.78, 5) is 11.2. The van der Waals surface area contributed by atoms with E-state index in [1.165, 1.54) is 0 Å². The SMILES string of the molecule is COc1cc(Cn2c(O)c(N=O)c3cc(Br)ccc32)ccc1OC(C)C. The number of halogens is 1. The molecule has 0 unspecified atom stereocenters. The van der Waals surface area contributed by atoms with E-state index in [1.54, 1.807) is 17.7 Å². The number of methoxy groups -OCH3 is 1. The van der Waals surface area contributed by atoms with E-state index in [0.717, 1.165) is 15.6 Å². The molecule has 26 heavy (non-hydrogen) atoms. The Morgan fingerprint density at radius 2 is 1.96 bits per heavy atom. The molecule has 0 aliphatic heterocycles. The van der Waals surface area contributed by atoms with Gasteiger partial charge in [0, 0.05) is 9.86 Å². The lowest BCUT2D eigenvalue weighted by Gasteiger charge is -2.15. The van der Waals surface area contributed by atoms with Crippen LogP contribution in [0, 0.1) is 4.91 Å². The summed E-state index contributed by atoms with van der Waals surface area (Å²) in [6.45, 7) is 4.25. The largest absolute Gasteiger partial charge is 0.493 e. The van der Waals surface area contributed by atoms with Crippen molar-refractivity contribution in [1.82, 2.24) is 4.57 Å². The minimum Gasteiger partial charge on any atom is -0.493 e. The number of aromatic nitrogens is 1. The second-order valence-electron chi connectivity index (χ2n) is 6.16. The van der Waals surface area contributed by atoms with Gasteiger partial charge in [0.1, 0.15) is 0 Å². The summed E-state index contributed by atoms with van der Waals surface area (Å²) in [5.41, 5.74) is 1.65. The highest BCUT2D eigenvalue weighted by Crippen LogP contribution is 2.40. The summed E-state index contributed by atoms with van der Waals surface area (Å²) < 4.78 is 13.6. The highest BCUT2D eigenvalue weighted by Gasteiger charge is 2.18. The van der Waals surface area contributed by atoms with Crippen molar-refractivity contribution < 1.29 is 14.6 Å². The van der Waals surface area contributed by atoms with Crippen LogP contribution in [0.2, 0.25) is 0 Å². The van der Waals surface area contributed by atoms with E-state index in [-0.39, 0.29) is 17.7 Å². The third-order valence-corrected chi connectivity index (χ3v) is 4.49. The lowest BCUT2D eigenvalue weighted by molar-refractivity contribution is 0.230. The minimum atomic E-state index is -0.158. The molecular formula is C19H19BrN2O4. The van der Waals surface area contributed by atoms with Gasteiger partial charge in [-0.15, -0.1) is 4.91 Å². The van der Waals surface area contributed by atoms with E-state index in [9.17, 15) is 10.0 Å². The lowest BCUT2D eigenvalue weighted by Crippen LogP contribution is -2.07. The van der Waals surface area contributed by atoms with E-state index in [4.69, 9.17) is 9.47 Å². The molecule has 7 heteroatoms. The maximum atomic E-state index is 11.2. The van der Waals surface area contributed by atoms with Crippen molar-refractivity contribution >= 4 is 32.5 Å². The van der Waals surface area contributed by atoms with Gasteiger partial charge in [-0.3, -0.25) is 0 Å². The van der Waals surface area contributed by atoms with Crippen LogP contribution in [0.5, 0.6) is 17.4 Å². The van der Waals surface area contributed by atoms with Crippen molar-refractivity contribution in [1.29, 1.82) is 0 Å². The van der Waals surface area contributed by atoms with Crippen molar-refractivity contribution in [3.8, 4) is 17.4 Å². The van der Waals surface area contributed by atoms with Gasteiger partial charge in [-0.25, -0.2) is 0 Å². The first kappa shape index (κ1) is 18.3. The molecule has 3 aromatic rings. The second kappa shape index (κ2) is 7.37. The first-order chi connectivity index (χ1) is 12.4. The van der Waals surface area contributed by atoms with Crippen molar-refractivity contribution in [2.45, 2.75) is 26.5 Å². The average molecular weight is 419 g/mol. The Morgan fingerprint density at radius 3 is 2.62 bits per heavy atom. The number of hydrogen-bond acceptors (Lipinski definition) is 5. The maximum Gasteiger partial charge on any atom is 0.222 e. The Balaban J connectivity index is 2.04. The molecule has 0 saturated heterocycles. The summed E-state index contributed by atoms with van der Waals surface area (Å²) in [5.74, 6) is 1.12. The molecular weight excluding hydrogens is 400 g/mol. The number of nitrogens with zero attached hydrogens (tertiary/aromatic N) is 2. The molecule has 2 aromatic carbocycles. The van der Waals surface area contributed by atoms with Crippen LogP contribution < -0.4 is 9.47 Å². The van der Waals surface area contributed by atoms with Crippen LogP contribution in [-0.2, 0) is 6.54 Å². The highest BCUT2D eigenvalue weighted by atomic mass is 79.9. The molecule has 1 heterocycles. The lowest BCUT2D eigenvalue weighted by atomic mass is 10.2. The van der Waals surface area contributed by atoms with Gasteiger partial charge >= 0.3 is 0 Å². The molecule has 0 aliphatic rings. The monoisotopic (exact) mass is 418 g/mol. The van der Waals surface area contributed by atoms with Crippen LogP contribution in [0.4, 0.5) is 5.69 Å². The van der Waals surface area contributed by atoms with Gasteiger partial charge in [0.25, 0.3) is 0 Å². The first-order valence-electron chi connectivity index (χ1n) is 8.12. The van der Waals surface area contributed by atoms with E-state index in [0.29, 0.717) is 23.4 Å². The van der Waals surface area contributed by atoms with Crippen LogP contribution in [0.3, 0.4) is 0 Å². The third kappa shape index (κ3) is 3.39. The molecule has 0 aliphatic carbocycles. The number of fused-ring (bicyclic) bond motifs is 1. The van der Waals surface area contributed by atoms with Crippen molar-refractivity contribution in [2.75, 3.05) is 7.11 Å². The predicted molar refractivity (Wildman–Crippen MR) is 105 cm³/mol. The van der Waals surface area contributed by atoms with Crippen molar-refractivity contribution in [3.63, 3.8) is 0 Å². The first-order valence-corrected chi connectivity index (χ1v) is 8.91. The molecule has 0 spiro atoms. The third-order valence-electron chi connectivity index (χ3n) is 3.99. The number of nitroso groups, excluding NO2 is 1. The standard InChI is InChI=1S/C19H19BrN2O4/c1-11(2)26-16-7-4-12(8-17(16)25-3)10-22-15-6-5-13(20)9-14(15)18(21-24)19(22)23/h4-9,11,23H,10H2,1-3H3. The van der Waals surface area contributed by atoms with Crippen molar-refractivity contribution in [2.24, 2.45) is 5.18 Å². The molecule has 6 nitrogen and oxygen atoms in total. The van der Waals surface area contributed by atoms with E-state index >= 15 is 0 Å². The Kier molecular flexibility index (Phi) is 5.18. The molecule has 3 rings (SSSR count). The second-order valence-corrected chi connectivity index (χ2v) is 7.08. The number of benzene rings is 2. The summed E-state index contributed by atoms with van der Waals surface area (Å²) in [5, 5.41) is 14.1. The molecule has 0 saturated carbocycles. The minimum absolute atomic E-state index is 0.0341. The van der Waals surface area contributed by atoms with Crippen LogP contribution in [0.25, 0.3) is 10.9 Å². The van der Waals surface area contributed by atoms with E-state index < -0.39 is 0 Å². The fraction of sp³-hybridized carbons (Fsp3) is 0.263. The molecule has 1 aromatic heterocycles. The molecule has 0 radical (unpaired) electrons. The Bertz CT molecular complexity index is 966. The van der Waals surface area contributed by atoms with Crippen LogP contribution in [-0.4, -0.2) is 22.9 Å². The Hall–Kier alpha value is -2.54. The molecule has 0 bridgehead atoms. The number of aromatic hydroxyl groups is 1. The van der Waals surface area contributed by atoms with Gasteiger partial charge in [-0.2, -0.15) is 0 Å². The predicted octanol–water partition coefficient (Wildman–Crippen LogP) is 5.35. The normalized spacial score (nSPS) is 11.1. The number of hydrogen-bond donors (Lipinski definition) is 1. The Labute approximate surface area is 159 Å². The zero-order chi connectivity index (χ0) is 18.8. The average Bonchev–Trinajstić information content (AvgIpc) is 2.86. The van der Waals surface area contributed by atoms with Gasteiger partial charge in [0.2, 0.25) is 5.88 Å². The molecule has 1 N–H and O–H groups in total. The van der Waals surface area contributed by atoms with E-state index in [1.807, 2.05) is 44.2 Å². The Morgan fingerprint density at radius 1 is 1.19 bits per heavy atom. The van der Waals surface area contributed by atoms with Crippen LogP contribution in [0.15, 0.2) is 46.0 Å². The summed E-state index contributed by atoms with van der Waals surface area (Å²) in [7, 11) is 1.58. The summed E-state index contributed by atoms with van der Waals surface area (Å²) in [6.07, 6.45) is 0.0341. The van der Waals surface area contributed by atoms with Crippen LogP contribution in [0.1, 0.15) is 19.4 Å². The molecule has 136 valence electrons. The number of rotatable bonds is 6. The highest BCUT2D eigenvalue weighted by molar-refractivity contribution is 9.10. The zero-order valence-corrected chi connectivity index (χ0v) is 16.3.